The number of carboxylic acid groups (broad SMARTS) is 1. The smallest absolute Gasteiger partial charge is 0.303 e. The van der Waals surface area contributed by atoms with Gasteiger partial charge in [0, 0.05) is 6.42 Å². The molecule has 0 unspecified atom stereocenters. The van der Waals surface area contributed by atoms with Crippen LogP contribution in [0.4, 0.5) is 0 Å². The summed E-state index contributed by atoms with van der Waals surface area (Å²) < 4.78 is 0. The van der Waals surface area contributed by atoms with Gasteiger partial charge >= 0.3 is 5.97 Å². The summed E-state index contributed by atoms with van der Waals surface area (Å²) in [7, 11) is 0. The van der Waals surface area contributed by atoms with Crippen molar-refractivity contribution >= 4 is 5.97 Å². The lowest BCUT2D eigenvalue weighted by Crippen LogP contribution is -1.93. The minimum absolute atomic E-state index is 0.344. The summed E-state index contributed by atoms with van der Waals surface area (Å²) in [5, 5.41) is 8.53. The maximum absolute atomic E-state index is 10.3. The van der Waals surface area contributed by atoms with Crippen LogP contribution in [-0.2, 0) is 4.79 Å². The molecule has 0 aliphatic rings. The van der Waals surface area contributed by atoms with Crippen molar-refractivity contribution in [2.75, 3.05) is 0 Å². The molecule has 0 heterocycles. The van der Waals surface area contributed by atoms with E-state index in [2.05, 4.69) is 13.8 Å². The molecule has 0 fully saturated rings. The van der Waals surface area contributed by atoms with E-state index in [9.17, 15) is 4.79 Å². The third kappa shape index (κ3) is 17.4. The van der Waals surface area contributed by atoms with Crippen molar-refractivity contribution in [1.82, 2.24) is 0 Å². The molecular formula is C19H38O2. The predicted molar refractivity (Wildman–Crippen MR) is 91.7 cm³/mol. The zero-order chi connectivity index (χ0) is 15.8. The molecule has 0 saturated carbocycles. The SMILES string of the molecule is CC[C@H](C)CCCCCCCCCCCCCCC(=O)O. The summed E-state index contributed by atoms with van der Waals surface area (Å²) in [4.78, 5) is 10.3. The van der Waals surface area contributed by atoms with Gasteiger partial charge in [0.1, 0.15) is 0 Å². The fourth-order valence-corrected chi connectivity index (χ4v) is 2.74. The summed E-state index contributed by atoms with van der Waals surface area (Å²) in [6.07, 6.45) is 18.7. The highest BCUT2D eigenvalue weighted by molar-refractivity contribution is 5.66. The standard InChI is InChI=1S/C19H38O2/c1-3-18(2)16-14-12-10-8-6-4-5-7-9-11-13-15-17-19(20)21/h18H,3-17H2,1-2H3,(H,20,21)/t18-/m0/s1. The highest BCUT2D eigenvalue weighted by Gasteiger charge is 1.99. The van der Waals surface area contributed by atoms with E-state index in [1.54, 1.807) is 0 Å². The molecule has 0 aromatic heterocycles. The fraction of sp³-hybridized carbons (Fsp3) is 0.947. The van der Waals surface area contributed by atoms with Gasteiger partial charge in [-0.05, 0) is 12.3 Å². The lowest BCUT2D eigenvalue weighted by molar-refractivity contribution is -0.137. The Kier molecular flexibility index (Phi) is 15.5. The van der Waals surface area contributed by atoms with Gasteiger partial charge in [0.15, 0.2) is 0 Å². The third-order valence-electron chi connectivity index (χ3n) is 4.53. The van der Waals surface area contributed by atoms with Gasteiger partial charge < -0.3 is 5.11 Å². The highest BCUT2D eigenvalue weighted by Crippen LogP contribution is 2.15. The van der Waals surface area contributed by atoms with Gasteiger partial charge in [-0.1, -0.05) is 97.3 Å². The van der Waals surface area contributed by atoms with Crippen LogP contribution in [-0.4, -0.2) is 11.1 Å². The number of carboxylic acids is 1. The topological polar surface area (TPSA) is 37.3 Å². The van der Waals surface area contributed by atoms with Crippen molar-refractivity contribution in [2.45, 2.75) is 110 Å². The summed E-state index contributed by atoms with van der Waals surface area (Å²) in [5.41, 5.74) is 0. The van der Waals surface area contributed by atoms with Crippen LogP contribution in [0.2, 0.25) is 0 Å². The minimum atomic E-state index is -0.654. The molecule has 0 aromatic rings. The molecule has 2 nitrogen and oxygen atoms in total. The molecule has 21 heavy (non-hydrogen) atoms. The molecule has 0 aromatic carbocycles. The number of hydrogen-bond donors (Lipinski definition) is 1. The van der Waals surface area contributed by atoms with Crippen LogP contribution in [0.25, 0.3) is 0 Å². The first-order valence-electron chi connectivity index (χ1n) is 9.38. The minimum Gasteiger partial charge on any atom is -0.481 e. The zero-order valence-corrected chi connectivity index (χ0v) is 14.5. The van der Waals surface area contributed by atoms with E-state index in [0.717, 1.165) is 18.8 Å². The van der Waals surface area contributed by atoms with Crippen molar-refractivity contribution < 1.29 is 9.90 Å². The molecule has 0 bridgehead atoms. The van der Waals surface area contributed by atoms with Crippen molar-refractivity contribution in [3.8, 4) is 0 Å². The molecule has 126 valence electrons. The van der Waals surface area contributed by atoms with E-state index in [0.29, 0.717) is 6.42 Å². The van der Waals surface area contributed by atoms with Crippen molar-refractivity contribution in [2.24, 2.45) is 5.92 Å². The molecule has 0 spiro atoms. The van der Waals surface area contributed by atoms with Gasteiger partial charge in [-0.15, -0.1) is 0 Å². The van der Waals surface area contributed by atoms with Crippen molar-refractivity contribution in [3.05, 3.63) is 0 Å². The maximum Gasteiger partial charge on any atom is 0.303 e. The summed E-state index contributed by atoms with van der Waals surface area (Å²) in [5.74, 6) is 0.264. The van der Waals surface area contributed by atoms with Crippen LogP contribution in [0, 0.1) is 5.92 Å². The molecule has 2 heteroatoms. The van der Waals surface area contributed by atoms with Crippen LogP contribution in [0.3, 0.4) is 0 Å². The molecule has 0 aliphatic carbocycles. The van der Waals surface area contributed by atoms with E-state index >= 15 is 0 Å². The van der Waals surface area contributed by atoms with Crippen LogP contribution in [0.5, 0.6) is 0 Å². The number of hydrogen-bond acceptors (Lipinski definition) is 1. The van der Waals surface area contributed by atoms with Gasteiger partial charge in [0.2, 0.25) is 0 Å². The number of carbonyl (C=O) groups is 1. The number of aliphatic carboxylic acids is 1. The maximum atomic E-state index is 10.3. The Morgan fingerprint density at radius 2 is 1.14 bits per heavy atom. The quantitative estimate of drug-likeness (QED) is 0.327. The van der Waals surface area contributed by atoms with E-state index < -0.39 is 5.97 Å². The zero-order valence-electron chi connectivity index (χ0n) is 14.5. The molecule has 0 aliphatic heterocycles. The Morgan fingerprint density at radius 3 is 1.52 bits per heavy atom. The second-order valence-corrected chi connectivity index (χ2v) is 6.69. The van der Waals surface area contributed by atoms with Crippen LogP contribution >= 0.6 is 0 Å². The molecule has 1 N–H and O–H groups in total. The van der Waals surface area contributed by atoms with Gasteiger partial charge in [0.05, 0.1) is 0 Å². The van der Waals surface area contributed by atoms with E-state index in [1.165, 1.54) is 77.0 Å². The Hall–Kier alpha value is -0.530. The summed E-state index contributed by atoms with van der Waals surface area (Å²) >= 11 is 0. The van der Waals surface area contributed by atoms with Crippen molar-refractivity contribution in [3.63, 3.8) is 0 Å². The van der Waals surface area contributed by atoms with Crippen LogP contribution < -0.4 is 0 Å². The van der Waals surface area contributed by atoms with Gasteiger partial charge in [-0.25, -0.2) is 0 Å². The fourth-order valence-electron chi connectivity index (χ4n) is 2.74. The first-order valence-corrected chi connectivity index (χ1v) is 9.38. The van der Waals surface area contributed by atoms with Crippen LogP contribution in [0.15, 0.2) is 0 Å². The molecule has 0 radical (unpaired) electrons. The number of rotatable bonds is 16. The van der Waals surface area contributed by atoms with Gasteiger partial charge in [0.25, 0.3) is 0 Å². The first-order chi connectivity index (χ1) is 10.2. The van der Waals surface area contributed by atoms with Crippen LogP contribution in [0.1, 0.15) is 110 Å². The molecular weight excluding hydrogens is 260 g/mol. The highest BCUT2D eigenvalue weighted by atomic mass is 16.4. The Morgan fingerprint density at radius 1 is 0.762 bits per heavy atom. The summed E-state index contributed by atoms with van der Waals surface area (Å²) in [6.45, 7) is 4.65. The Labute approximate surface area is 132 Å². The van der Waals surface area contributed by atoms with Gasteiger partial charge in [-0.2, -0.15) is 0 Å². The second kappa shape index (κ2) is 15.9. The predicted octanol–water partition coefficient (Wildman–Crippen LogP) is 6.58. The third-order valence-corrected chi connectivity index (χ3v) is 4.53. The summed E-state index contributed by atoms with van der Waals surface area (Å²) in [6, 6.07) is 0. The monoisotopic (exact) mass is 298 g/mol. The largest absolute Gasteiger partial charge is 0.481 e. The molecule has 0 rings (SSSR count). The molecule has 1 atom stereocenters. The lowest BCUT2D eigenvalue weighted by atomic mass is 9.99. The van der Waals surface area contributed by atoms with Crippen molar-refractivity contribution in [1.29, 1.82) is 0 Å². The average Bonchev–Trinajstić information content (AvgIpc) is 2.46. The first kappa shape index (κ1) is 20.5. The normalized spacial score (nSPS) is 12.5. The van der Waals surface area contributed by atoms with E-state index in [4.69, 9.17) is 5.11 Å². The second-order valence-electron chi connectivity index (χ2n) is 6.69. The molecule has 0 saturated heterocycles. The Balaban J connectivity index is 3.01. The van der Waals surface area contributed by atoms with E-state index in [1.807, 2.05) is 0 Å². The average molecular weight is 299 g/mol. The number of unbranched alkanes of at least 4 members (excludes halogenated alkanes) is 11. The van der Waals surface area contributed by atoms with E-state index in [-0.39, 0.29) is 0 Å². The van der Waals surface area contributed by atoms with Gasteiger partial charge in [-0.3, -0.25) is 4.79 Å². The lowest BCUT2D eigenvalue weighted by Gasteiger charge is -2.07. The Bertz CT molecular complexity index is 226. The molecule has 0 amide bonds.